The molecule has 0 N–H and O–H groups in total. The van der Waals surface area contributed by atoms with Gasteiger partial charge in [0, 0.05) is 17.7 Å². The zero-order valence-electron chi connectivity index (χ0n) is 12.7. The van der Waals surface area contributed by atoms with Gasteiger partial charge in [-0.3, -0.25) is 4.79 Å². The van der Waals surface area contributed by atoms with Crippen LogP contribution < -0.4 is 0 Å². The van der Waals surface area contributed by atoms with Gasteiger partial charge in [-0.1, -0.05) is 20.8 Å². The molecule has 0 bridgehead atoms. The van der Waals surface area contributed by atoms with E-state index in [9.17, 15) is 4.79 Å². The number of carbonyl (C=O) groups is 1. The maximum atomic E-state index is 12.4. The fourth-order valence-corrected chi connectivity index (χ4v) is 3.49. The number of furan rings is 1. The zero-order chi connectivity index (χ0) is 14.6. The second-order valence-corrected chi connectivity index (χ2v) is 8.25. The van der Waals surface area contributed by atoms with Crippen LogP contribution in [0.5, 0.6) is 0 Å². The van der Waals surface area contributed by atoms with Crippen molar-refractivity contribution in [2.24, 2.45) is 0 Å². The molecule has 0 aliphatic carbocycles. The molecule has 20 heavy (non-hydrogen) atoms. The van der Waals surface area contributed by atoms with E-state index >= 15 is 0 Å². The molecular weight excluding hydrogens is 270 g/mol. The van der Waals surface area contributed by atoms with Crippen LogP contribution in [0.4, 0.5) is 0 Å². The van der Waals surface area contributed by atoms with Crippen molar-refractivity contribution in [3.8, 4) is 0 Å². The van der Waals surface area contributed by atoms with Crippen LogP contribution in [0, 0.1) is 0 Å². The molecule has 0 aromatic carbocycles. The van der Waals surface area contributed by atoms with Crippen LogP contribution >= 0.6 is 11.8 Å². The Kier molecular flexibility index (Phi) is 5.19. The van der Waals surface area contributed by atoms with Crippen LogP contribution in [-0.4, -0.2) is 27.9 Å². The van der Waals surface area contributed by atoms with Gasteiger partial charge in [-0.2, -0.15) is 11.8 Å². The molecule has 1 aliphatic rings. The lowest BCUT2D eigenvalue weighted by Gasteiger charge is -2.23. The van der Waals surface area contributed by atoms with Gasteiger partial charge in [0.2, 0.25) is 5.91 Å². The SMILES string of the molecule is CC(C)(C)SCCCC(=O)N1CCC[C@H]1c1ccco1. The Bertz CT molecular complexity index is 422. The number of hydrogen-bond acceptors (Lipinski definition) is 3. The van der Waals surface area contributed by atoms with Crippen LogP contribution in [0.25, 0.3) is 0 Å². The van der Waals surface area contributed by atoms with E-state index in [1.165, 1.54) is 0 Å². The molecule has 0 spiro atoms. The average molecular weight is 295 g/mol. The zero-order valence-corrected chi connectivity index (χ0v) is 13.5. The first-order valence-corrected chi connectivity index (χ1v) is 8.43. The molecule has 1 saturated heterocycles. The van der Waals surface area contributed by atoms with Gasteiger partial charge in [0.25, 0.3) is 0 Å². The normalized spacial score (nSPS) is 19.6. The largest absolute Gasteiger partial charge is 0.467 e. The van der Waals surface area contributed by atoms with E-state index in [4.69, 9.17) is 4.42 Å². The molecule has 1 fully saturated rings. The monoisotopic (exact) mass is 295 g/mol. The van der Waals surface area contributed by atoms with E-state index < -0.39 is 0 Å². The van der Waals surface area contributed by atoms with Crippen molar-refractivity contribution in [3.05, 3.63) is 24.2 Å². The summed E-state index contributed by atoms with van der Waals surface area (Å²) in [6.07, 6.45) is 5.41. The maximum Gasteiger partial charge on any atom is 0.223 e. The summed E-state index contributed by atoms with van der Waals surface area (Å²) in [6.45, 7) is 7.52. The van der Waals surface area contributed by atoms with E-state index in [1.54, 1.807) is 6.26 Å². The first-order chi connectivity index (χ1) is 9.47. The number of rotatable bonds is 5. The Hall–Kier alpha value is -0.900. The Labute approximate surface area is 126 Å². The van der Waals surface area contributed by atoms with Crippen LogP contribution in [0.3, 0.4) is 0 Å². The van der Waals surface area contributed by atoms with E-state index in [-0.39, 0.29) is 16.7 Å². The van der Waals surface area contributed by atoms with Crippen LogP contribution in [0.15, 0.2) is 22.8 Å². The average Bonchev–Trinajstić information content (AvgIpc) is 3.01. The van der Waals surface area contributed by atoms with E-state index in [2.05, 4.69) is 20.8 Å². The molecule has 0 unspecified atom stereocenters. The summed E-state index contributed by atoms with van der Waals surface area (Å²) in [4.78, 5) is 14.4. The highest BCUT2D eigenvalue weighted by Gasteiger charge is 2.31. The highest BCUT2D eigenvalue weighted by Crippen LogP contribution is 2.33. The predicted molar refractivity (Wildman–Crippen MR) is 83.8 cm³/mol. The van der Waals surface area contributed by atoms with Crippen molar-refractivity contribution in [2.75, 3.05) is 12.3 Å². The van der Waals surface area contributed by atoms with Gasteiger partial charge in [0.1, 0.15) is 5.76 Å². The minimum atomic E-state index is 0.160. The van der Waals surface area contributed by atoms with Crippen molar-refractivity contribution < 1.29 is 9.21 Å². The van der Waals surface area contributed by atoms with E-state index in [1.807, 2.05) is 28.8 Å². The van der Waals surface area contributed by atoms with Gasteiger partial charge in [-0.25, -0.2) is 0 Å². The first kappa shape index (κ1) is 15.5. The lowest BCUT2D eigenvalue weighted by molar-refractivity contribution is -0.132. The van der Waals surface area contributed by atoms with E-state index in [0.29, 0.717) is 6.42 Å². The molecule has 1 amide bonds. The third-order valence-corrected chi connectivity index (χ3v) is 4.87. The summed E-state index contributed by atoms with van der Waals surface area (Å²) in [5.41, 5.74) is 0. The predicted octanol–water partition coefficient (Wildman–Crippen LogP) is 4.26. The molecule has 1 aromatic rings. The third kappa shape index (κ3) is 4.30. The molecule has 1 aromatic heterocycles. The molecule has 3 nitrogen and oxygen atoms in total. The second-order valence-electron chi connectivity index (χ2n) is 6.32. The molecule has 1 atom stereocenters. The number of carbonyl (C=O) groups excluding carboxylic acids is 1. The van der Waals surface area contributed by atoms with Gasteiger partial charge >= 0.3 is 0 Å². The quantitative estimate of drug-likeness (QED) is 0.761. The molecule has 2 heterocycles. The van der Waals surface area contributed by atoms with Gasteiger partial charge < -0.3 is 9.32 Å². The van der Waals surface area contributed by atoms with Crippen molar-refractivity contribution in [2.45, 2.75) is 57.2 Å². The van der Waals surface area contributed by atoms with Crippen molar-refractivity contribution in [3.63, 3.8) is 0 Å². The van der Waals surface area contributed by atoms with Crippen LogP contribution in [0.1, 0.15) is 58.3 Å². The van der Waals surface area contributed by atoms with Gasteiger partial charge in [-0.05, 0) is 37.1 Å². The smallest absolute Gasteiger partial charge is 0.223 e. The van der Waals surface area contributed by atoms with Gasteiger partial charge in [0.05, 0.1) is 12.3 Å². The Morgan fingerprint density at radius 3 is 2.95 bits per heavy atom. The highest BCUT2D eigenvalue weighted by atomic mass is 32.2. The second kappa shape index (κ2) is 6.70. The number of thioether (sulfide) groups is 1. The molecule has 112 valence electrons. The first-order valence-electron chi connectivity index (χ1n) is 7.44. The van der Waals surface area contributed by atoms with Crippen molar-refractivity contribution in [1.29, 1.82) is 0 Å². The minimum Gasteiger partial charge on any atom is -0.467 e. The Morgan fingerprint density at radius 1 is 1.50 bits per heavy atom. The van der Waals surface area contributed by atoms with Crippen LogP contribution in [-0.2, 0) is 4.79 Å². The molecule has 2 rings (SSSR count). The lowest BCUT2D eigenvalue weighted by atomic mass is 10.1. The minimum absolute atomic E-state index is 0.160. The maximum absolute atomic E-state index is 12.4. The summed E-state index contributed by atoms with van der Waals surface area (Å²) in [7, 11) is 0. The molecular formula is C16H25NO2S. The van der Waals surface area contributed by atoms with Gasteiger partial charge in [0.15, 0.2) is 0 Å². The molecule has 1 aliphatic heterocycles. The highest BCUT2D eigenvalue weighted by molar-refractivity contribution is 8.00. The van der Waals surface area contributed by atoms with Gasteiger partial charge in [-0.15, -0.1) is 0 Å². The lowest BCUT2D eigenvalue weighted by Crippen LogP contribution is -2.30. The summed E-state index contributed by atoms with van der Waals surface area (Å²) >= 11 is 1.93. The van der Waals surface area contributed by atoms with Crippen molar-refractivity contribution in [1.82, 2.24) is 4.90 Å². The number of hydrogen-bond donors (Lipinski definition) is 0. The fourth-order valence-electron chi connectivity index (χ4n) is 2.59. The van der Waals surface area contributed by atoms with E-state index in [0.717, 1.165) is 37.3 Å². The summed E-state index contributed by atoms with van der Waals surface area (Å²) in [6, 6.07) is 4.04. The fraction of sp³-hybridized carbons (Fsp3) is 0.688. The number of nitrogens with zero attached hydrogens (tertiary/aromatic N) is 1. The molecule has 0 radical (unpaired) electrons. The van der Waals surface area contributed by atoms with Crippen molar-refractivity contribution >= 4 is 17.7 Å². The Morgan fingerprint density at radius 2 is 2.30 bits per heavy atom. The molecule has 4 heteroatoms. The summed E-state index contributed by atoms with van der Waals surface area (Å²) < 4.78 is 5.76. The standard InChI is InChI=1S/C16H25NO2S/c1-16(2,3)20-12-6-9-15(18)17-10-4-7-13(17)14-8-5-11-19-14/h5,8,11,13H,4,6-7,9-10,12H2,1-3H3/t13-/m0/s1. The Balaban J connectivity index is 1.80. The summed E-state index contributed by atoms with van der Waals surface area (Å²) in [5, 5.41) is 0. The summed E-state index contributed by atoms with van der Waals surface area (Å²) in [5.74, 6) is 2.26. The number of likely N-dealkylation sites (tertiary alicyclic amines) is 1. The number of amides is 1. The third-order valence-electron chi connectivity index (χ3n) is 3.51. The topological polar surface area (TPSA) is 33.5 Å². The van der Waals surface area contributed by atoms with Crippen LogP contribution in [0.2, 0.25) is 0 Å². The molecule has 0 saturated carbocycles.